The number of halogens is 1. The van der Waals surface area contributed by atoms with Gasteiger partial charge in [0.15, 0.2) is 0 Å². The zero-order chi connectivity index (χ0) is 8.72. The maximum Gasteiger partial charge on any atom is 0.0800 e. The Balaban J connectivity index is 2.97. The standard InChI is InChI=1S/C8H6INS2/c9-8-7(11)6-4(10)2-1-3-5(6)12-8/h1-3,11H,10H2. The molecule has 62 valence electrons. The van der Waals surface area contributed by atoms with Crippen LogP contribution in [0.5, 0.6) is 0 Å². The van der Waals surface area contributed by atoms with Crippen molar-refractivity contribution in [1.82, 2.24) is 0 Å². The van der Waals surface area contributed by atoms with Crippen molar-refractivity contribution < 1.29 is 0 Å². The summed E-state index contributed by atoms with van der Waals surface area (Å²) in [4.78, 5) is 1.01. The van der Waals surface area contributed by atoms with E-state index in [0.29, 0.717) is 0 Å². The van der Waals surface area contributed by atoms with Gasteiger partial charge in [-0.15, -0.1) is 24.0 Å². The average Bonchev–Trinajstić information content (AvgIpc) is 2.29. The molecule has 0 saturated heterocycles. The molecule has 1 nitrogen and oxygen atoms in total. The summed E-state index contributed by atoms with van der Waals surface area (Å²) >= 11 is 8.41. The quantitative estimate of drug-likeness (QED) is 0.435. The minimum atomic E-state index is 0.816. The van der Waals surface area contributed by atoms with Gasteiger partial charge in [-0.05, 0) is 34.7 Å². The predicted molar refractivity (Wildman–Crippen MR) is 66.2 cm³/mol. The Kier molecular flexibility index (Phi) is 2.22. The highest BCUT2D eigenvalue weighted by Crippen LogP contribution is 2.37. The second-order valence-electron chi connectivity index (χ2n) is 2.44. The zero-order valence-corrected chi connectivity index (χ0v) is 9.91. The van der Waals surface area contributed by atoms with Crippen molar-refractivity contribution in [2.45, 2.75) is 4.90 Å². The highest BCUT2D eigenvalue weighted by atomic mass is 127. The van der Waals surface area contributed by atoms with Crippen LogP contribution in [0.4, 0.5) is 5.69 Å². The van der Waals surface area contributed by atoms with Gasteiger partial charge in [0.25, 0.3) is 0 Å². The van der Waals surface area contributed by atoms with E-state index in [1.165, 1.54) is 7.58 Å². The highest BCUT2D eigenvalue weighted by molar-refractivity contribution is 14.1. The molecule has 2 N–H and O–H groups in total. The van der Waals surface area contributed by atoms with E-state index in [4.69, 9.17) is 5.73 Å². The fraction of sp³-hybridized carbons (Fsp3) is 0. The number of fused-ring (bicyclic) bond motifs is 1. The minimum Gasteiger partial charge on any atom is -0.398 e. The molecule has 0 saturated carbocycles. The van der Waals surface area contributed by atoms with E-state index in [1.54, 1.807) is 11.3 Å². The molecule has 0 aliphatic rings. The number of rotatable bonds is 0. The van der Waals surface area contributed by atoms with Crippen LogP contribution in [0.15, 0.2) is 23.1 Å². The topological polar surface area (TPSA) is 26.0 Å². The van der Waals surface area contributed by atoms with Gasteiger partial charge in [0.1, 0.15) is 0 Å². The van der Waals surface area contributed by atoms with Crippen LogP contribution in [-0.2, 0) is 0 Å². The summed E-state index contributed by atoms with van der Waals surface area (Å²) in [7, 11) is 0. The van der Waals surface area contributed by atoms with Crippen LogP contribution in [-0.4, -0.2) is 0 Å². The number of nitrogens with two attached hydrogens (primary N) is 1. The Labute approximate surface area is 93.5 Å². The molecule has 0 aliphatic carbocycles. The molecule has 1 aromatic heterocycles. The minimum absolute atomic E-state index is 0.816. The molecule has 0 aliphatic heterocycles. The fourth-order valence-corrected chi connectivity index (χ4v) is 3.43. The number of thiophene rings is 1. The Bertz CT molecular complexity index is 436. The van der Waals surface area contributed by atoms with Crippen LogP contribution in [0, 0.1) is 2.88 Å². The molecule has 2 aromatic rings. The zero-order valence-electron chi connectivity index (χ0n) is 6.04. The summed E-state index contributed by atoms with van der Waals surface area (Å²) in [5, 5.41) is 1.09. The van der Waals surface area contributed by atoms with E-state index in [9.17, 15) is 0 Å². The van der Waals surface area contributed by atoms with E-state index in [2.05, 4.69) is 41.3 Å². The van der Waals surface area contributed by atoms with Crippen LogP contribution in [0.3, 0.4) is 0 Å². The van der Waals surface area contributed by atoms with Gasteiger partial charge < -0.3 is 5.73 Å². The lowest BCUT2D eigenvalue weighted by molar-refractivity contribution is 1.62. The Morgan fingerprint density at radius 2 is 2.17 bits per heavy atom. The normalized spacial score (nSPS) is 10.8. The van der Waals surface area contributed by atoms with Crippen molar-refractivity contribution in [2.75, 3.05) is 5.73 Å². The molecular weight excluding hydrogens is 301 g/mol. The maximum atomic E-state index is 5.82. The van der Waals surface area contributed by atoms with Crippen molar-refractivity contribution in [3.63, 3.8) is 0 Å². The number of benzene rings is 1. The summed E-state index contributed by atoms with van der Waals surface area (Å²) in [6.07, 6.45) is 0. The summed E-state index contributed by atoms with van der Waals surface area (Å²) in [5.74, 6) is 0. The molecule has 0 fully saturated rings. The third-order valence-electron chi connectivity index (χ3n) is 1.68. The molecule has 12 heavy (non-hydrogen) atoms. The Morgan fingerprint density at radius 3 is 2.83 bits per heavy atom. The van der Waals surface area contributed by atoms with Crippen molar-refractivity contribution in [3.05, 3.63) is 21.1 Å². The van der Waals surface area contributed by atoms with Crippen LogP contribution >= 0.6 is 46.6 Å². The van der Waals surface area contributed by atoms with Crippen LogP contribution in [0.25, 0.3) is 10.1 Å². The molecule has 0 spiro atoms. The maximum absolute atomic E-state index is 5.82. The molecule has 4 heteroatoms. The summed E-state index contributed by atoms with van der Waals surface area (Å²) < 4.78 is 2.41. The van der Waals surface area contributed by atoms with E-state index in [-0.39, 0.29) is 0 Å². The third kappa shape index (κ3) is 1.22. The van der Waals surface area contributed by atoms with Gasteiger partial charge in [-0.3, -0.25) is 0 Å². The number of anilines is 1. The summed E-state index contributed by atoms with van der Waals surface area (Å²) in [6, 6.07) is 5.94. The van der Waals surface area contributed by atoms with Gasteiger partial charge in [0.2, 0.25) is 0 Å². The van der Waals surface area contributed by atoms with E-state index < -0.39 is 0 Å². The second-order valence-corrected chi connectivity index (χ2v) is 5.75. The molecule has 2 rings (SSSR count). The van der Waals surface area contributed by atoms with E-state index in [0.717, 1.165) is 16.0 Å². The molecule has 0 bridgehead atoms. The Hall–Kier alpha value is 0.0600. The molecule has 0 radical (unpaired) electrons. The lowest BCUT2D eigenvalue weighted by Crippen LogP contribution is -1.83. The second kappa shape index (κ2) is 3.08. The van der Waals surface area contributed by atoms with Crippen LogP contribution in [0.2, 0.25) is 0 Å². The Morgan fingerprint density at radius 1 is 1.42 bits per heavy atom. The van der Waals surface area contributed by atoms with Gasteiger partial charge in [0.05, 0.1) is 2.88 Å². The predicted octanol–water partition coefficient (Wildman–Crippen LogP) is 3.38. The van der Waals surface area contributed by atoms with Gasteiger partial charge in [-0.1, -0.05) is 6.07 Å². The average molecular weight is 307 g/mol. The lowest BCUT2D eigenvalue weighted by atomic mass is 10.2. The summed E-state index contributed by atoms with van der Waals surface area (Å²) in [5.41, 5.74) is 6.64. The molecule has 1 aromatic carbocycles. The lowest BCUT2D eigenvalue weighted by Gasteiger charge is -1.95. The number of hydrogen-bond donors (Lipinski definition) is 2. The molecule has 0 atom stereocenters. The highest BCUT2D eigenvalue weighted by Gasteiger charge is 2.08. The molecule has 1 heterocycles. The van der Waals surface area contributed by atoms with Crippen molar-refractivity contribution in [1.29, 1.82) is 0 Å². The molecule has 0 amide bonds. The van der Waals surface area contributed by atoms with Crippen molar-refractivity contribution in [3.8, 4) is 0 Å². The van der Waals surface area contributed by atoms with Crippen molar-refractivity contribution >= 4 is 62.3 Å². The van der Waals surface area contributed by atoms with Gasteiger partial charge in [-0.2, -0.15) is 0 Å². The first-order valence-corrected chi connectivity index (χ1v) is 5.70. The SMILES string of the molecule is Nc1cccc2sc(I)c(S)c12. The smallest absolute Gasteiger partial charge is 0.0800 e. The van der Waals surface area contributed by atoms with Gasteiger partial charge in [-0.25, -0.2) is 0 Å². The third-order valence-corrected chi connectivity index (χ3v) is 4.85. The van der Waals surface area contributed by atoms with Crippen LogP contribution < -0.4 is 5.73 Å². The monoisotopic (exact) mass is 307 g/mol. The summed E-state index contributed by atoms with van der Waals surface area (Å²) in [6.45, 7) is 0. The largest absolute Gasteiger partial charge is 0.398 e. The van der Waals surface area contributed by atoms with E-state index in [1.807, 2.05) is 12.1 Å². The molecular formula is C8H6INS2. The van der Waals surface area contributed by atoms with Crippen molar-refractivity contribution in [2.24, 2.45) is 0 Å². The number of thiol groups is 1. The number of hydrogen-bond acceptors (Lipinski definition) is 3. The van der Waals surface area contributed by atoms with Gasteiger partial charge in [0, 0.05) is 20.7 Å². The fourth-order valence-electron chi connectivity index (χ4n) is 1.13. The first-order chi connectivity index (χ1) is 5.70. The van der Waals surface area contributed by atoms with Gasteiger partial charge >= 0.3 is 0 Å². The first kappa shape index (κ1) is 8.65. The van der Waals surface area contributed by atoms with E-state index >= 15 is 0 Å². The van der Waals surface area contributed by atoms with Crippen LogP contribution in [0.1, 0.15) is 0 Å². The number of nitrogen functional groups attached to an aromatic ring is 1. The molecule has 0 unspecified atom stereocenters. The first-order valence-electron chi connectivity index (χ1n) is 3.35.